The quantitative estimate of drug-likeness (QED) is 0.716. The molecular formula is C15H11F3N2O2S. The van der Waals surface area contributed by atoms with Crippen molar-refractivity contribution in [2.45, 2.75) is 18.0 Å². The molecule has 0 bridgehead atoms. The summed E-state index contributed by atoms with van der Waals surface area (Å²) < 4.78 is 64.9. The molecule has 0 N–H and O–H groups in total. The minimum absolute atomic E-state index is 0.184. The first-order chi connectivity index (χ1) is 10.7. The Labute approximate surface area is 130 Å². The summed E-state index contributed by atoms with van der Waals surface area (Å²) in [5.74, 6) is 0.184. The van der Waals surface area contributed by atoms with Crippen molar-refractivity contribution >= 4 is 21.1 Å². The average molecular weight is 340 g/mol. The summed E-state index contributed by atoms with van der Waals surface area (Å²) in [4.78, 5) is 3.71. The van der Waals surface area contributed by atoms with Crippen molar-refractivity contribution in [2.75, 3.05) is 0 Å². The van der Waals surface area contributed by atoms with Gasteiger partial charge in [-0.2, -0.15) is 13.2 Å². The van der Waals surface area contributed by atoms with Crippen molar-refractivity contribution in [3.8, 4) is 0 Å². The molecule has 2 aromatic carbocycles. The highest BCUT2D eigenvalue weighted by Crippen LogP contribution is 2.31. The van der Waals surface area contributed by atoms with Gasteiger partial charge in [0.15, 0.2) is 0 Å². The van der Waals surface area contributed by atoms with E-state index in [0.29, 0.717) is 17.1 Å². The number of imidazole rings is 1. The predicted molar refractivity (Wildman–Crippen MR) is 78.5 cm³/mol. The molecule has 0 aliphatic carbocycles. The lowest BCUT2D eigenvalue weighted by molar-refractivity contribution is -0.137. The number of aromatic nitrogens is 2. The summed E-state index contributed by atoms with van der Waals surface area (Å²) in [5.41, 5.74) is -0.233. The molecule has 120 valence electrons. The van der Waals surface area contributed by atoms with Crippen LogP contribution in [0.25, 0.3) is 11.0 Å². The largest absolute Gasteiger partial charge is 0.416 e. The number of aryl methyl sites for hydroxylation is 1. The molecular weight excluding hydrogens is 329 g/mol. The number of fused-ring (bicyclic) bond motifs is 1. The Kier molecular flexibility index (Phi) is 3.44. The third kappa shape index (κ3) is 2.59. The van der Waals surface area contributed by atoms with Crippen molar-refractivity contribution in [3.63, 3.8) is 0 Å². The van der Waals surface area contributed by atoms with E-state index in [1.807, 2.05) is 0 Å². The van der Waals surface area contributed by atoms with Gasteiger partial charge in [-0.3, -0.25) is 0 Å². The lowest BCUT2D eigenvalue weighted by Gasteiger charge is -2.11. The molecule has 23 heavy (non-hydrogen) atoms. The van der Waals surface area contributed by atoms with E-state index < -0.39 is 26.7 Å². The van der Waals surface area contributed by atoms with E-state index in [1.54, 1.807) is 24.3 Å². The first-order valence-electron chi connectivity index (χ1n) is 6.58. The third-order valence-electron chi connectivity index (χ3n) is 3.38. The highest BCUT2D eigenvalue weighted by atomic mass is 32.2. The molecule has 0 radical (unpaired) electrons. The third-order valence-corrected chi connectivity index (χ3v) is 5.17. The SMILES string of the molecule is Cc1nc2ccccc2n1S(=O)(=O)c1cccc(C(F)(F)F)c1. The number of alkyl halides is 3. The first-order valence-corrected chi connectivity index (χ1v) is 8.02. The second kappa shape index (κ2) is 5.09. The zero-order valence-electron chi connectivity index (χ0n) is 11.9. The minimum atomic E-state index is -4.61. The van der Waals surface area contributed by atoms with Crippen molar-refractivity contribution in [1.29, 1.82) is 0 Å². The first kappa shape index (κ1) is 15.5. The fourth-order valence-electron chi connectivity index (χ4n) is 2.37. The molecule has 0 saturated carbocycles. The molecule has 0 amide bonds. The fraction of sp³-hybridized carbons (Fsp3) is 0.133. The maximum absolute atomic E-state index is 12.8. The van der Waals surface area contributed by atoms with E-state index in [1.165, 1.54) is 6.92 Å². The van der Waals surface area contributed by atoms with Crippen LogP contribution >= 0.6 is 0 Å². The Morgan fingerprint density at radius 2 is 1.74 bits per heavy atom. The Balaban J connectivity index is 2.24. The van der Waals surface area contributed by atoms with E-state index in [9.17, 15) is 21.6 Å². The molecule has 1 heterocycles. The number of nitrogens with zero attached hydrogens (tertiary/aromatic N) is 2. The minimum Gasteiger partial charge on any atom is -0.232 e. The lowest BCUT2D eigenvalue weighted by atomic mass is 10.2. The fourth-order valence-corrected chi connectivity index (χ4v) is 3.91. The van der Waals surface area contributed by atoms with Gasteiger partial charge in [0.1, 0.15) is 5.82 Å². The molecule has 0 aliphatic rings. The van der Waals surface area contributed by atoms with E-state index in [4.69, 9.17) is 0 Å². The van der Waals surface area contributed by atoms with Crippen LogP contribution in [0.1, 0.15) is 11.4 Å². The highest BCUT2D eigenvalue weighted by molar-refractivity contribution is 7.90. The van der Waals surface area contributed by atoms with Crippen LogP contribution in [-0.2, 0) is 16.2 Å². The highest BCUT2D eigenvalue weighted by Gasteiger charge is 2.32. The molecule has 0 spiro atoms. The summed E-state index contributed by atoms with van der Waals surface area (Å²) in [6.45, 7) is 1.49. The molecule has 8 heteroatoms. The van der Waals surface area contributed by atoms with Crippen molar-refractivity contribution < 1.29 is 21.6 Å². The zero-order valence-corrected chi connectivity index (χ0v) is 12.7. The Hall–Kier alpha value is -2.35. The molecule has 3 aromatic rings. The van der Waals surface area contributed by atoms with Gasteiger partial charge in [0, 0.05) is 0 Å². The van der Waals surface area contributed by atoms with Gasteiger partial charge in [-0.05, 0) is 37.3 Å². The molecule has 0 unspecified atom stereocenters. The zero-order chi connectivity index (χ0) is 16.8. The van der Waals surface area contributed by atoms with Crippen molar-refractivity contribution in [1.82, 2.24) is 8.96 Å². The van der Waals surface area contributed by atoms with Crippen LogP contribution < -0.4 is 0 Å². The summed E-state index contributed by atoms with van der Waals surface area (Å²) in [7, 11) is -4.18. The number of halogens is 3. The smallest absolute Gasteiger partial charge is 0.232 e. The van der Waals surface area contributed by atoms with Crippen LogP contribution in [-0.4, -0.2) is 17.4 Å². The molecule has 0 fully saturated rings. The predicted octanol–water partition coefficient (Wildman–Crippen LogP) is 3.60. The summed E-state index contributed by atoms with van der Waals surface area (Å²) >= 11 is 0. The van der Waals surface area contributed by atoms with E-state index in [2.05, 4.69) is 4.98 Å². The maximum atomic E-state index is 12.8. The number of hydrogen-bond donors (Lipinski definition) is 0. The van der Waals surface area contributed by atoms with Crippen LogP contribution in [0.5, 0.6) is 0 Å². The molecule has 0 saturated heterocycles. The summed E-state index contributed by atoms with van der Waals surface area (Å²) in [6, 6.07) is 10.2. The van der Waals surface area contributed by atoms with Gasteiger partial charge in [-0.25, -0.2) is 17.4 Å². The van der Waals surface area contributed by atoms with Gasteiger partial charge in [0.05, 0.1) is 21.5 Å². The van der Waals surface area contributed by atoms with Gasteiger partial charge < -0.3 is 0 Å². The van der Waals surface area contributed by atoms with Crippen LogP contribution in [0.4, 0.5) is 13.2 Å². The monoisotopic (exact) mass is 340 g/mol. The van der Waals surface area contributed by atoms with Gasteiger partial charge in [0.2, 0.25) is 0 Å². The van der Waals surface area contributed by atoms with Gasteiger partial charge in [-0.15, -0.1) is 0 Å². The van der Waals surface area contributed by atoms with Crippen LogP contribution in [0, 0.1) is 6.92 Å². The number of benzene rings is 2. The molecule has 1 aromatic heterocycles. The number of rotatable bonds is 2. The molecule has 0 atom stereocenters. The molecule has 3 rings (SSSR count). The Morgan fingerprint density at radius 1 is 1.04 bits per heavy atom. The summed E-state index contributed by atoms with van der Waals surface area (Å²) in [6.07, 6.45) is -4.61. The van der Waals surface area contributed by atoms with Crippen LogP contribution in [0.2, 0.25) is 0 Å². The number of para-hydroxylation sites is 2. The van der Waals surface area contributed by atoms with Gasteiger partial charge >= 0.3 is 6.18 Å². The van der Waals surface area contributed by atoms with E-state index >= 15 is 0 Å². The standard InChI is InChI=1S/C15H11F3N2O2S/c1-10-19-13-7-2-3-8-14(13)20(10)23(21,22)12-6-4-5-11(9-12)15(16,17)18/h2-9H,1H3. The van der Waals surface area contributed by atoms with E-state index in [0.717, 1.165) is 22.2 Å². The molecule has 0 aliphatic heterocycles. The average Bonchev–Trinajstić information content (AvgIpc) is 2.83. The van der Waals surface area contributed by atoms with Gasteiger partial charge in [0.25, 0.3) is 10.0 Å². The second-order valence-electron chi connectivity index (χ2n) is 4.94. The van der Waals surface area contributed by atoms with Crippen molar-refractivity contribution in [2.24, 2.45) is 0 Å². The van der Waals surface area contributed by atoms with Crippen LogP contribution in [0.15, 0.2) is 53.4 Å². The second-order valence-corrected chi connectivity index (χ2v) is 6.73. The summed E-state index contributed by atoms with van der Waals surface area (Å²) in [5, 5.41) is 0. The Morgan fingerprint density at radius 3 is 2.43 bits per heavy atom. The van der Waals surface area contributed by atoms with Crippen LogP contribution in [0.3, 0.4) is 0 Å². The van der Waals surface area contributed by atoms with Crippen molar-refractivity contribution in [3.05, 3.63) is 59.9 Å². The van der Waals surface area contributed by atoms with E-state index in [-0.39, 0.29) is 5.82 Å². The topological polar surface area (TPSA) is 52.0 Å². The maximum Gasteiger partial charge on any atom is 0.416 e. The normalized spacial score (nSPS) is 12.7. The lowest BCUT2D eigenvalue weighted by Crippen LogP contribution is -2.15. The number of hydrogen-bond acceptors (Lipinski definition) is 3. The Bertz CT molecular complexity index is 991. The molecule has 4 nitrogen and oxygen atoms in total. The van der Waals surface area contributed by atoms with Gasteiger partial charge in [-0.1, -0.05) is 18.2 Å².